The summed E-state index contributed by atoms with van der Waals surface area (Å²) >= 11 is 0. The molecule has 1 unspecified atom stereocenters. The molecule has 0 radical (unpaired) electrons. The fourth-order valence-electron chi connectivity index (χ4n) is 3.85. The number of benzene rings is 1. The molecule has 1 atom stereocenters. The molecule has 0 aliphatic carbocycles. The summed E-state index contributed by atoms with van der Waals surface area (Å²) in [5, 5.41) is 7.01. The standard InChI is InChI=1S/C22H39N5O.HI/c1-6-26(18(2)3)16-13-24-22(23-4)25-17-21(27-14-7-8-15-27)19-9-11-20(28-5)12-10-19;/h9-12,18,21H,6-8,13-17H2,1-5H3,(H2,23,24,25);1H. The lowest BCUT2D eigenvalue weighted by Gasteiger charge is -2.29. The van der Waals surface area contributed by atoms with Crippen molar-refractivity contribution in [2.24, 2.45) is 4.99 Å². The number of halogens is 1. The highest BCUT2D eigenvalue weighted by molar-refractivity contribution is 14.0. The van der Waals surface area contributed by atoms with Gasteiger partial charge in [0.25, 0.3) is 0 Å². The van der Waals surface area contributed by atoms with Crippen molar-refractivity contribution in [1.29, 1.82) is 0 Å². The average molecular weight is 518 g/mol. The maximum Gasteiger partial charge on any atom is 0.191 e. The van der Waals surface area contributed by atoms with E-state index in [1.165, 1.54) is 18.4 Å². The number of hydrogen-bond acceptors (Lipinski definition) is 4. The van der Waals surface area contributed by atoms with Crippen molar-refractivity contribution >= 4 is 29.9 Å². The summed E-state index contributed by atoms with van der Waals surface area (Å²) in [7, 11) is 3.55. The zero-order valence-electron chi connectivity index (χ0n) is 18.8. The van der Waals surface area contributed by atoms with Crippen LogP contribution >= 0.6 is 24.0 Å². The van der Waals surface area contributed by atoms with Gasteiger partial charge in [0.05, 0.1) is 13.2 Å². The SMILES string of the molecule is CCN(CCNC(=NC)NCC(c1ccc(OC)cc1)N1CCCC1)C(C)C.I. The topological polar surface area (TPSA) is 52.1 Å². The number of nitrogens with zero attached hydrogens (tertiary/aromatic N) is 3. The molecule has 1 aromatic rings. The van der Waals surface area contributed by atoms with Gasteiger partial charge in [0.2, 0.25) is 0 Å². The second-order valence-electron chi connectivity index (χ2n) is 7.63. The minimum atomic E-state index is 0. The van der Waals surface area contributed by atoms with Crippen LogP contribution in [0.1, 0.15) is 45.2 Å². The Morgan fingerprint density at radius 2 is 1.83 bits per heavy atom. The molecule has 1 aliphatic heterocycles. The quantitative estimate of drug-likeness (QED) is 0.283. The Kier molecular flexibility index (Phi) is 12.6. The van der Waals surface area contributed by atoms with Crippen LogP contribution in [-0.2, 0) is 0 Å². The van der Waals surface area contributed by atoms with Gasteiger partial charge in [-0.3, -0.25) is 14.8 Å². The van der Waals surface area contributed by atoms with Crippen LogP contribution in [0.2, 0.25) is 0 Å². The fraction of sp³-hybridized carbons (Fsp3) is 0.682. The number of methoxy groups -OCH3 is 1. The first kappa shape index (κ1) is 26.0. The number of rotatable bonds is 10. The van der Waals surface area contributed by atoms with Crippen LogP contribution in [0.25, 0.3) is 0 Å². The number of nitrogens with one attached hydrogen (secondary N) is 2. The second-order valence-corrected chi connectivity index (χ2v) is 7.63. The molecule has 0 bridgehead atoms. The molecule has 0 aromatic heterocycles. The highest BCUT2D eigenvalue weighted by atomic mass is 127. The first-order valence-corrected chi connectivity index (χ1v) is 10.7. The Bertz CT molecular complexity index is 587. The molecule has 6 nitrogen and oxygen atoms in total. The van der Waals surface area contributed by atoms with Crippen LogP contribution < -0.4 is 15.4 Å². The van der Waals surface area contributed by atoms with Crippen LogP contribution in [-0.4, -0.2) is 75.2 Å². The first-order valence-electron chi connectivity index (χ1n) is 10.7. The van der Waals surface area contributed by atoms with Gasteiger partial charge in [0.1, 0.15) is 5.75 Å². The number of aliphatic imine (C=N–C) groups is 1. The lowest BCUT2D eigenvalue weighted by atomic mass is 10.1. The largest absolute Gasteiger partial charge is 0.497 e. The third-order valence-electron chi connectivity index (χ3n) is 5.60. The van der Waals surface area contributed by atoms with E-state index in [4.69, 9.17) is 4.74 Å². The van der Waals surface area contributed by atoms with E-state index < -0.39 is 0 Å². The van der Waals surface area contributed by atoms with Crippen LogP contribution in [0.5, 0.6) is 5.75 Å². The van der Waals surface area contributed by atoms with Crippen LogP contribution in [0.3, 0.4) is 0 Å². The summed E-state index contributed by atoms with van der Waals surface area (Å²) in [5.41, 5.74) is 1.32. The zero-order chi connectivity index (χ0) is 20.4. The van der Waals surface area contributed by atoms with Crippen molar-refractivity contribution in [2.75, 3.05) is 53.4 Å². The Morgan fingerprint density at radius 3 is 2.34 bits per heavy atom. The van der Waals surface area contributed by atoms with E-state index in [-0.39, 0.29) is 24.0 Å². The number of guanidine groups is 1. The van der Waals surface area contributed by atoms with Crippen LogP contribution in [0.4, 0.5) is 0 Å². The third kappa shape index (κ3) is 8.30. The average Bonchev–Trinajstić information content (AvgIpc) is 3.24. The molecule has 166 valence electrons. The van der Waals surface area contributed by atoms with Gasteiger partial charge < -0.3 is 15.4 Å². The molecule has 0 spiro atoms. The Labute approximate surface area is 194 Å². The van der Waals surface area contributed by atoms with Gasteiger partial charge in [-0.2, -0.15) is 0 Å². The minimum Gasteiger partial charge on any atom is -0.497 e. The van der Waals surface area contributed by atoms with Gasteiger partial charge in [0, 0.05) is 32.7 Å². The van der Waals surface area contributed by atoms with E-state index in [9.17, 15) is 0 Å². The molecule has 0 amide bonds. The highest BCUT2D eigenvalue weighted by Crippen LogP contribution is 2.26. The molecule has 0 saturated carbocycles. The predicted octanol–water partition coefficient (Wildman–Crippen LogP) is 3.35. The summed E-state index contributed by atoms with van der Waals surface area (Å²) in [5.74, 6) is 1.78. The molecular weight excluding hydrogens is 477 g/mol. The molecule has 7 heteroatoms. The summed E-state index contributed by atoms with van der Waals surface area (Å²) < 4.78 is 5.32. The van der Waals surface area contributed by atoms with Crippen molar-refractivity contribution in [2.45, 2.75) is 45.7 Å². The number of hydrogen-bond donors (Lipinski definition) is 2. The minimum absolute atomic E-state index is 0. The Hall–Kier alpha value is -1.06. The fourth-order valence-corrected chi connectivity index (χ4v) is 3.85. The molecule has 2 rings (SSSR count). The van der Waals surface area contributed by atoms with Crippen molar-refractivity contribution in [3.63, 3.8) is 0 Å². The van der Waals surface area contributed by atoms with Crippen molar-refractivity contribution in [3.05, 3.63) is 29.8 Å². The number of ether oxygens (including phenoxy) is 1. The van der Waals surface area contributed by atoms with Gasteiger partial charge in [-0.15, -0.1) is 24.0 Å². The molecule has 1 aromatic carbocycles. The van der Waals surface area contributed by atoms with Gasteiger partial charge in [-0.05, 0) is 64.0 Å². The van der Waals surface area contributed by atoms with Gasteiger partial charge in [0.15, 0.2) is 5.96 Å². The lowest BCUT2D eigenvalue weighted by molar-refractivity contribution is 0.236. The number of likely N-dealkylation sites (N-methyl/N-ethyl adjacent to an activating group) is 1. The van der Waals surface area contributed by atoms with E-state index in [0.717, 1.165) is 51.0 Å². The molecule has 1 aliphatic rings. The smallest absolute Gasteiger partial charge is 0.191 e. The summed E-state index contributed by atoms with van der Waals surface area (Å²) in [6.45, 7) is 12.8. The van der Waals surface area contributed by atoms with Crippen molar-refractivity contribution < 1.29 is 4.74 Å². The van der Waals surface area contributed by atoms with E-state index in [2.05, 4.69) is 70.5 Å². The Morgan fingerprint density at radius 1 is 1.17 bits per heavy atom. The van der Waals surface area contributed by atoms with E-state index in [0.29, 0.717) is 12.1 Å². The highest BCUT2D eigenvalue weighted by Gasteiger charge is 2.23. The molecule has 2 N–H and O–H groups in total. The normalized spacial score (nSPS) is 16.0. The van der Waals surface area contributed by atoms with E-state index in [1.54, 1.807) is 7.11 Å². The Balaban J connectivity index is 0.00000420. The maximum absolute atomic E-state index is 5.32. The molecule has 1 heterocycles. The van der Waals surface area contributed by atoms with Gasteiger partial charge in [-0.25, -0.2) is 0 Å². The predicted molar refractivity (Wildman–Crippen MR) is 134 cm³/mol. The van der Waals surface area contributed by atoms with Crippen molar-refractivity contribution in [3.8, 4) is 5.75 Å². The monoisotopic (exact) mass is 517 g/mol. The maximum atomic E-state index is 5.32. The summed E-state index contributed by atoms with van der Waals surface area (Å²) in [6.07, 6.45) is 2.56. The van der Waals surface area contributed by atoms with Crippen LogP contribution in [0.15, 0.2) is 29.3 Å². The lowest BCUT2D eigenvalue weighted by Crippen LogP contribution is -2.45. The molecule has 29 heavy (non-hydrogen) atoms. The second kappa shape index (κ2) is 14.0. The van der Waals surface area contributed by atoms with Crippen molar-refractivity contribution in [1.82, 2.24) is 20.4 Å². The van der Waals surface area contributed by atoms with E-state index >= 15 is 0 Å². The summed E-state index contributed by atoms with van der Waals surface area (Å²) in [4.78, 5) is 9.43. The first-order chi connectivity index (χ1) is 13.6. The molecule has 1 saturated heterocycles. The third-order valence-corrected chi connectivity index (χ3v) is 5.60. The van der Waals surface area contributed by atoms with E-state index in [1.807, 2.05) is 7.05 Å². The molecular formula is C22H40IN5O. The molecule has 1 fully saturated rings. The number of likely N-dealkylation sites (tertiary alicyclic amines) is 1. The summed E-state index contributed by atoms with van der Waals surface area (Å²) in [6, 6.07) is 9.38. The van der Waals surface area contributed by atoms with Gasteiger partial charge >= 0.3 is 0 Å². The zero-order valence-corrected chi connectivity index (χ0v) is 21.1. The van der Waals surface area contributed by atoms with Crippen LogP contribution in [0, 0.1) is 0 Å². The van der Waals surface area contributed by atoms with Gasteiger partial charge in [-0.1, -0.05) is 19.1 Å².